The molecule has 0 atom stereocenters. The SMILES string of the molecule is Cc1nn(CC(=O)NC2CN(c3ccncc3)C2)c2ncccc12. The van der Waals surface area contributed by atoms with Crippen LogP contribution in [-0.2, 0) is 11.3 Å². The highest BCUT2D eigenvalue weighted by Gasteiger charge is 2.28. The lowest BCUT2D eigenvalue weighted by Crippen LogP contribution is -2.59. The molecular formula is C17H18N6O. The molecule has 0 aromatic carbocycles. The van der Waals surface area contributed by atoms with Gasteiger partial charge >= 0.3 is 0 Å². The molecule has 7 nitrogen and oxygen atoms in total. The van der Waals surface area contributed by atoms with E-state index in [4.69, 9.17) is 0 Å². The number of carbonyl (C=O) groups is 1. The molecule has 0 radical (unpaired) electrons. The van der Waals surface area contributed by atoms with Crippen molar-refractivity contribution in [2.45, 2.75) is 19.5 Å². The van der Waals surface area contributed by atoms with Crippen molar-refractivity contribution in [3.8, 4) is 0 Å². The van der Waals surface area contributed by atoms with Crippen LogP contribution < -0.4 is 10.2 Å². The third kappa shape index (κ3) is 2.68. The van der Waals surface area contributed by atoms with E-state index in [9.17, 15) is 4.79 Å². The van der Waals surface area contributed by atoms with Crippen LogP contribution in [0.3, 0.4) is 0 Å². The smallest absolute Gasteiger partial charge is 0.242 e. The van der Waals surface area contributed by atoms with Gasteiger partial charge in [0.25, 0.3) is 0 Å². The van der Waals surface area contributed by atoms with Gasteiger partial charge in [-0.1, -0.05) is 0 Å². The number of anilines is 1. The van der Waals surface area contributed by atoms with E-state index in [2.05, 4.69) is 25.3 Å². The second-order valence-electron chi connectivity index (χ2n) is 5.99. The molecule has 7 heteroatoms. The number of hydrogen-bond acceptors (Lipinski definition) is 5. The first-order valence-electron chi connectivity index (χ1n) is 7.93. The molecule has 122 valence electrons. The van der Waals surface area contributed by atoms with Crippen molar-refractivity contribution in [2.75, 3.05) is 18.0 Å². The van der Waals surface area contributed by atoms with Crippen molar-refractivity contribution in [3.63, 3.8) is 0 Å². The van der Waals surface area contributed by atoms with Crippen molar-refractivity contribution >= 4 is 22.6 Å². The van der Waals surface area contributed by atoms with E-state index >= 15 is 0 Å². The summed E-state index contributed by atoms with van der Waals surface area (Å²) in [7, 11) is 0. The van der Waals surface area contributed by atoms with Crippen molar-refractivity contribution in [3.05, 3.63) is 48.5 Å². The lowest BCUT2D eigenvalue weighted by molar-refractivity contribution is -0.122. The normalized spacial score (nSPS) is 14.6. The number of amides is 1. The molecule has 3 aromatic heterocycles. The van der Waals surface area contributed by atoms with Crippen LogP contribution >= 0.6 is 0 Å². The summed E-state index contributed by atoms with van der Waals surface area (Å²) in [5.74, 6) is -0.0376. The second kappa shape index (κ2) is 5.92. The number of fused-ring (bicyclic) bond motifs is 1. The van der Waals surface area contributed by atoms with Gasteiger partial charge in [-0.3, -0.25) is 9.78 Å². The van der Waals surface area contributed by atoms with Crippen LogP contribution in [-0.4, -0.2) is 44.8 Å². The monoisotopic (exact) mass is 322 g/mol. The molecule has 0 spiro atoms. The van der Waals surface area contributed by atoms with Gasteiger partial charge in [-0.25, -0.2) is 9.67 Å². The van der Waals surface area contributed by atoms with Gasteiger partial charge in [0.05, 0.1) is 11.7 Å². The highest BCUT2D eigenvalue weighted by atomic mass is 16.2. The molecule has 0 bridgehead atoms. The van der Waals surface area contributed by atoms with Crippen LogP contribution in [0.2, 0.25) is 0 Å². The summed E-state index contributed by atoms with van der Waals surface area (Å²) in [6.45, 7) is 3.74. The first-order chi connectivity index (χ1) is 11.7. The minimum atomic E-state index is -0.0376. The fourth-order valence-electron chi connectivity index (χ4n) is 3.02. The van der Waals surface area contributed by atoms with Crippen molar-refractivity contribution in [2.24, 2.45) is 0 Å². The van der Waals surface area contributed by atoms with Crippen LogP contribution in [0.25, 0.3) is 11.0 Å². The lowest BCUT2D eigenvalue weighted by atomic mass is 10.1. The summed E-state index contributed by atoms with van der Waals surface area (Å²) in [6.07, 6.45) is 5.27. The summed E-state index contributed by atoms with van der Waals surface area (Å²) in [5, 5.41) is 8.46. The van der Waals surface area contributed by atoms with Gasteiger partial charge in [0.2, 0.25) is 5.91 Å². The molecule has 24 heavy (non-hydrogen) atoms. The second-order valence-corrected chi connectivity index (χ2v) is 5.99. The molecule has 1 aliphatic heterocycles. The summed E-state index contributed by atoms with van der Waals surface area (Å²) in [4.78, 5) is 22.8. The molecule has 1 fully saturated rings. The van der Waals surface area contributed by atoms with E-state index in [1.807, 2.05) is 31.2 Å². The Kier molecular flexibility index (Phi) is 3.60. The highest BCUT2D eigenvalue weighted by Crippen LogP contribution is 2.19. The summed E-state index contributed by atoms with van der Waals surface area (Å²) in [6, 6.07) is 7.97. The maximum absolute atomic E-state index is 12.3. The van der Waals surface area contributed by atoms with E-state index in [0.717, 1.165) is 35.5 Å². The Hall–Kier alpha value is -2.96. The fraction of sp³-hybridized carbons (Fsp3) is 0.294. The number of carbonyl (C=O) groups excluding carboxylic acids is 1. The summed E-state index contributed by atoms with van der Waals surface area (Å²) in [5.41, 5.74) is 2.77. The molecule has 1 amide bonds. The number of aryl methyl sites for hydroxylation is 1. The van der Waals surface area contributed by atoms with Crippen molar-refractivity contribution in [1.82, 2.24) is 25.1 Å². The molecule has 4 rings (SSSR count). The highest BCUT2D eigenvalue weighted by molar-refractivity contribution is 5.81. The zero-order chi connectivity index (χ0) is 16.5. The molecule has 0 saturated carbocycles. The number of aromatic nitrogens is 4. The Morgan fingerprint density at radius 1 is 1.25 bits per heavy atom. The first-order valence-corrected chi connectivity index (χ1v) is 7.93. The number of nitrogens with one attached hydrogen (secondary N) is 1. The van der Waals surface area contributed by atoms with Gasteiger partial charge < -0.3 is 10.2 Å². The van der Waals surface area contributed by atoms with E-state index in [1.54, 1.807) is 23.3 Å². The molecule has 0 unspecified atom stereocenters. The third-order valence-electron chi connectivity index (χ3n) is 4.26. The van der Waals surface area contributed by atoms with Gasteiger partial charge in [0, 0.05) is 42.8 Å². The quantitative estimate of drug-likeness (QED) is 0.779. The Morgan fingerprint density at radius 3 is 2.83 bits per heavy atom. The first kappa shape index (κ1) is 14.6. The topological polar surface area (TPSA) is 75.9 Å². The largest absolute Gasteiger partial charge is 0.367 e. The zero-order valence-corrected chi connectivity index (χ0v) is 13.4. The van der Waals surface area contributed by atoms with E-state index in [-0.39, 0.29) is 18.5 Å². The van der Waals surface area contributed by atoms with Crippen LogP contribution in [0.1, 0.15) is 5.69 Å². The average Bonchev–Trinajstić information content (AvgIpc) is 2.88. The number of nitrogens with zero attached hydrogens (tertiary/aromatic N) is 5. The number of rotatable bonds is 4. The van der Waals surface area contributed by atoms with Crippen LogP contribution in [0.15, 0.2) is 42.9 Å². The third-order valence-corrected chi connectivity index (χ3v) is 4.26. The van der Waals surface area contributed by atoms with Gasteiger partial charge in [-0.15, -0.1) is 0 Å². The maximum atomic E-state index is 12.3. The zero-order valence-electron chi connectivity index (χ0n) is 13.4. The predicted molar refractivity (Wildman–Crippen MR) is 90.6 cm³/mol. The lowest BCUT2D eigenvalue weighted by Gasteiger charge is -2.41. The standard InChI is InChI=1S/C17H18N6O/c1-12-15-3-2-6-19-17(15)23(21-12)11-16(24)20-13-9-22(10-13)14-4-7-18-8-5-14/h2-8,13H,9-11H2,1H3,(H,20,24). The number of pyridine rings is 2. The van der Waals surface area contributed by atoms with Crippen LogP contribution in [0, 0.1) is 6.92 Å². The molecule has 1 saturated heterocycles. The van der Waals surface area contributed by atoms with E-state index < -0.39 is 0 Å². The average molecular weight is 322 g/mol. The van der Waals surface area contributed by atoms with Gasteiger partial charge in [0.15, 0.2) is 5.65 Å². The van der Waals surface area contributed by atoms with E-state index in [0.29, 0.717) is 0 Å². The molecule has 1 N–H and O–H groups in total. The van der Waals surface area contributed by atoms with E-state index in [1.165, 1.54) is 0 Å². The fourth-order valence-corrected chi connectivity index (χ4v) is 3.02. The predicted octanol–water partition coefficient (Wildman–Crippen LogP) is 1.14. The van der Waals surface area contributed by atoms with Crippen molar-refractivity contribution < 1.29 is 4.79 Å². The Balaban J connectivity index is 1.36. The van der Waals surface area contributed by atoms with Gasteiger partial charge in [-0.2, -0.15) is 5.10 Å². The van der Waals surface area contributed by atoms with Crippen molar-refractivity contribution in [1.29, 1.82) is 0 Å². The summed E-state index contributed by atoms with van der Waals surface area (Å²) < 4.78 is 1.67. The maximum Gasteiger partial charge on any atom is 0.242 e. The molecule has 3 aromatic rings. The summed E-state index contributed by atoms with van der Waals surface area (Å²) >= 11 is 0. The van der Waals surface area contributed by atoms with Crippen LogP contribution in [0.5, 0.6) is 0 Å². The Bertz CT molecular complexity index is 869. The number of hydrogen-bond donors (Lipinski definition) is 1. The molecule has 0 aliphatic carbocycles. The van der Waals surface area contributed by atoms with Gasteiger partial charge in [-0.05, 0) is 31.2 Å². The molecule has 4 heterocycles. The Labute approximate surface area is 139 Å². The molecule has 1 aliphatic rings. The van der Waals surface area contributed by atoms with Gasteiger partial charge in [0.1, 0.15) is 6.54 Å². The van der Waals surface area contributed by atoms with Crippen LogP contribution in [0.4, 0.5) is 5.69 Å². The Morgan fingerprint density at radius 2 is 2.04 bits per heavy atom. The minimum Gasteiger partial charge on any atom is -0.367 e. The molecular weight excluding hydrogens is 304 g/mol. The minimum absolute atomic E-state index is 0.0376.